The van der Waals surface area contributed by atoms with Gasteiger partial charge in [-0.05, 0) is 60.7 Å². The monoisotopic (exact) mass is 484 g/mol. The molecule has 0 atom stereocenters. The van der Waals surface area contributed by atoms with Gasteiger partial charge in [-0.2, -0.15) is 5.10 Å². The molecular weight excluding hydrogens is 463 g/mol. The molecule has 3 N–H and O–H groups in total. The van der Waals surface area contributed by atoms with E-state index in [1.54, 1.807) is 83.7 Å². The molecule has 0 fully saturated rings. The summed E-state index contributed by atoms with van der Waals surface area (Å²) in [5, 5.41) is 12.5. The highest BCUT2D eigenvalue weighted by atomic mass is 19.1. The second-order valence-corrected chi connectivity index (χ2v) is 7.75. The van der Waals surface area contributed by atoms with Gasteiger partial charge in [-0.1, -0.05) is 12.1 Å². The zero-order valence-electron chi connectivity index (χ0n) is 18.9. The van der Waals surface area contributed by atoms with Gasteiger partial charge in [0.25, 0.3) is 5.91 Å². The number of carbonyl (C=O) groups excluding carboxylic acids is 2. The molecule has 0 unspecified atom stereocenters. The van der Waals surface area contributed by atoms with E-state index in [1.807, 2.05) is 0 Å². The number of nitrogens with one attached hydrogen (secondary N) is 3. The molecule has 5 aromatic rings. The van der Waals surface area contributed by atoms with Gasteiger partial charge < -0.3 is 24.9 Å². The number of nitrogens with zero attached hydrogens (tertiary/aromatic N) is 3. The SMILES string of the molecule is O=C(NCc1ccco1)Nc1ccc(NC(=O)c2cnn(-c3ccccc3F)c2-n2cccc2)cc1. The van der Waals surface area contributed by atoms with E-state index in [2.05, 4.69) is 21.0 Å². The molecule has 2 aromatic carbocycles. The first-order chi connectivity index (χ1) is 17.6. The number of benzene rings is 2. The van der Waals surface area contributed by atoms with Crippen LogP contribution in [0.25, 0.3) is 11.5 Å². The van der Waals surface area contributed by atoms with Crippen LogP contribution in [0.1, 0.15) is 16.1 Å². The van der Waals surface area contributed by atoms with E-state index in [9.17, 15) is 14.0 Å². The Balaban J connectivity index is 1.30. The molecule has 180 valence electrons. The van der Waals surface area contributed by atoms with Crippen molar-refractivity contribution in [1.82, 2.24) is 19.7 Å². The molecule has 0 radical (unpaired) electrons. The predicted molar refractivity (Wildman–Crippen MR) is 132 cm³/mol. The summed E-state index contributed by atoms with van der Waals surface area (Å²) in [6.07, 6.45) is 6.44. The summed E-state index contributed by atoms with van der Waals surface area (Å²) in [5.41, 5.74) is 1.54. The number of hydrogen-bond donors (Lipinski definition) is 3. The summed E-state index contributed by atoms with van der Waals surface area (Å²) in [7, 11) is 0. The first kappa shape index (κ1) is 22.7. The fraction of sp³-hybridized carbons (Fsp3) is 0.0385. The lowest BCUT2D eigenvalue weighted by Gasteiger charge is -2.12. The van der Waals surface area contributed by atoms with E-state index in [-0.39, 0.29) is 23.8 Å². The van der Waals surface area contributed by atoms with Crippen LogP contribution in [-0.2, 0) is 6.54 Å². The quantitative estimate of drug-likeness (QED) is 0.303. The van der Waals surface area contributed by atoms with E-state index in [1.165, 1.54) is 23.2 Å². The standard InChI is InChI=1S/C26H21FN6O3/c27-22-7-1-2-8-23(22)33-25(32-13-3-4-14-32)21(17-29-33)24(34)30-18-9-11-19(12-10-18)31-26(35)28-16-20-6-5-15-36-20/h1-15,17H,16H2,(H,30,34)(H2,28,31,35). The third-order valence-corrected chi connectivity index (χ3v) is 5.32. The Morgan fingerprint density at radius 3 is 2.31 bits per heavy atom. The maximum atomic E-state index is 14.5. The third-order valence-electron chi connectivity index (χ3n) is 5.32. The Kier molecular flexibility index (Phi) is 6.31. The highest BCUT2D eigenvalue weighted by molar-refractivity contribution is 6.06. The average Bonchev–Trinajstić information content (AvgIpc) is 3.66. The van der Waals surface area contributed by atoms with Crippen LogP contribution in [0, 0.1) is 5.82 Å². The van der Waals surface area contributed by atoms with Crippen molar-refractivity contribution in [2.24, 2.45) is 0 Å². The lowest BCUT2D eigenvalue weighted by Crippen LogP contribution is -2.27. The van der Waals surface area contributed by atoms with Crippen LogP contribution in [0.4, 0.5) is 20.6 Å². The molecule has 0 aliphatic carbocycles. The number of para-hydroxylation sites is 1. The molecule has 3 aromatic heterocycles. The number of hydrogen-bond acceptors (Lipinski definition) is 4. The minimum absolute atomic E-state index is 0.223. The molecular formula is C26H21FN6O3. The first-order valence-corrected chi connectivity index (χ1v) is 11.0. The second kappa shape index (κ2) is 10.0. The van der Waals surface area contributed by atoms with Crippen molar-refractivity contribution in [2.75, 3.05) is 10.6 Å². The van der Waals surface area contributed by atoms with Gasteiger partial charge in [-0.3, -0.25) is 4.79 Å². The number of anilines is 2. The van der Waals surface area contributed by atoms with Crippen LogP contribution >= 0.6 is 0 Å². The normalized spacial score (nSPS) is 10.7. The number of furan rings is 1. The molecule has 0 aliphatic rings. The fourth-order valence-electron chi connectivity index (χ4n) is 3.62. The molecule has 0 saturated heterocycles. The van der Waals surface area contributed by atoms with Crippen LogP contribution in [0.15, 0.2) is 102 Å². The van der Waals surface area contributed by atoms with E-state index in [4.69, 9.17) is 4.42 Å². The van der Waals surface area contributed by atoms with Crippen molar-refractivity contribution >= 4 is 23.3 Å². The van der Waals surface area contributed by atoms with Gasteiger partial charge in [0.05, 0.1) is 19.0 Å². The van der Waals surface area contributed by atoms with Gasteiger partial charge in [0.2, 0.25) is 0 Å². The van der Waals surface area contributed by atoms with Crippen molar-refractivity contribution in [3.63, 3.8) is 0 Å². The van der Waals surface area contributed by atoms with E-state index in [0.717, 1.165) is 0 Å². The van der Waals surface area contributed by atoms with E-state index < -0.39 is 11.7 Å². The summed E-state index contributed by atoms with van der Waals surface area (Å²) in [4.78, 5) is 25.2. The minimum atomic E-state index is -0.461. The molecule has 9 nitrogen and oxygen atoms in total. The van der Waals surface area contributed by atoms with E-state index >= 15 is 0 Å². The van der Waals surface area contributed by atoms with Crippen molar-refractivity contribution in [1.29, 1.82) is 0 Å². The fourth-order valence-corrected chi connectivity index (χ4v) is 3.62. The number of amides is 3. The Morgan fingerprint density at radius 2 is 1.61 bits per heavy atom. The predicted octanol–water partition coefficient (Wildman–Crippen LogP) is 4.97. The van der Waals surface area contributed by atoms with Crippen molar-refractivity contribution in [2.45, 2.75) is 6.54 Å². The van der Waals surface area contributed by atoms with Crippen molar-refractivity contribution in [3.8, 4) is 11.5 Å². The summed E-state index contributed by atoms with van der Waals surface area (Å²) < 4.78 is 22.8. The molecule has 36 heavy (non-hydrogen) atoms. The van der Waals surface area contributed by atoms with Gasteiger partial charge in [0, 0.05) is 23.8 Å². The molecule has 0 saturated carbocycles. The maximum absolute atomic E-state index is 14.5. The molecule has 0 aliphatic heterocycles. The smallest absolute Gasteiger partial charge is 0.319 e. The maximum Gasteiger partial charge on any atom is 0.319 e. The van der Waals surface area contributed by atoms with Gasteiger partial charge in [0.1, 0.15) is 22.8 Å². The summed E-state index contributed by atoms with van der Waals surface area (Å²) in [6.45, 7) is 0.261. The minimum Gasteiger partial charge on any atom is -0.467 e. The lowest BCUT2D eigenvalue weighted by molar-refractivity contribution is 0.102. The average molecular weight is 484 g/mol. The van der Waals surface area contributed by atoms with Gasteiger partial charge in [-0.25, -0.2) is 13.9 Å². The molecule has 3 amide bonds. The van der Waals surface area contributed by atoms with Crippen molar-refractivity contribution < 1.29 is 18.4 Å². The van der Waals surface area contributed by atoms with Gasteiger partial charge >= 0.3 is 6.03 Å². The lowest BCUT2D eigenvalue weighted by atomic mass is 10.2. The van der Waals surface area contributed by atoms with Gasteiger partial charge in [-0.15, -0.1) is 0 Å². The Morgan fingerprint density at radius 1 is 0.889 bits per heavy atom. The molecule has 5 rings (SSSR count). The number of urea groups is 1. The zero-order chi connectivity index (χ0) is 24.9. The first-order valence-electron chi connectivity index (χ1n) is 11.0. The van der Waals surface area contributed by atoms with Crippen LogP contribution in [0.2, 0.25) is 0 Å². The summed E-state index contributed by atoms with van der Waals surface area (Å²) in [5.74, 6) is 0.158. The zero-order valence-corrected chi connectivity index (χ0v) is 18.9. The highest BCUT2D eigenvalue weighted by Gasteiger charge is 2.21. The molecule has 0 spiro atoms. The molecule has 0 bridgehead atoms. The molecule has 10 heteroatoms. The Labute approximate surface area is 205 Å². The number of carbonyl (C=O) groups is 2. The largest absolute Gasteiger partial charge is 0.467 e. The van der Waals surface area contributed by atoms with Crippen LogP contribution in [-0.4, -0.2) is 26.3 Å². The topological polar surface area (TPSA) is 106 Å². The second-order valence-electron chi connectivity index (χ2n) is 7.75. The summed E-state index contributed by atoms with van der Waals surface area (Å²) in [6, 6.07) is 19.6. The highest BCUT2D eigenvalue weighted by Crippen LogP contribution is 2.23. The van der Waals surface area contributed by atoms with Crippen LogP contribution < -0.4 is 16.0 Å². The third kappa shape index (κ3) is 4.87. The van der Waals surface area contributed by atoms with Crippen molar-refractivity contribution in [3.05, 3.63) is 115 Å². The summed E-state index contributed by atoms with van der Waals surface area (Å²) >= 11 is 0. The Hall–Kier alpha value is -5.12. The number of rotatable bonds is 7. The van der Waals surface area contributed by atoms with Gasteiger partial charge in [0.15, 0.2) is 5.82 Å². The van der Waals surface area contributed by atoms with Crippen LogP contribution in [0.5, 0.6) is 0 Å². The Bertz CT molecular complexity index is 1470. The van der Waals surface area contributed by atoms with Crippen LogP contribution in [0.3, 0.4) is 0 Å². The molecule has 3 heterocycles. The number of aromatic nitrogens is 3. The van der Waals surface area contributed by atoms with E-state index in [0.29, 0.717) is 23.0 Å². The number of halogens is 1.